The average Bonchev–Trinajstić information content (AvgIpc) is 2.42. The number of nitro benzene ring substituents is 1. The van der Waals surface area contributed by atoms with Gasteiger partial charge in [-0.15, -0.1) is 17.0 Å². The summed E-state index contributed by atoms with van der Waals surface area (Å²) < 4.78 is 4.51. The lowest BCUT2D eigenvalue weighted by Gasteiger charge is -2.10. The number of hydrogen-bond donors (Lipinski definition) is 2. The van der Waals surface area contributed by atoms with Crippen molar-refractivity contribution in [1.82, 2.24) is 0 Å². The zero-order valence-electron chi connectivity index (χ0n) is 11.1. The Balaban J connectivity index is 0.00000361. The van der Waals surface area contributed by atoms with Crippen LogP contribution in [0.5, 0.6) is 0 Å². The van der Waals surface area contributed by atoms with Crippen LogP contribution in [-0.4, -0.2) is 30.6 Å². The molecule has 0 heterocycles. The van der Waals surface area contributed by atoms with Gasteiger partial charge in [0.05, 0.1) is 12.0 Å². The SMILES string of the molecule is Br.COC(=O)[C@@H](N)CCCNc1ccc([N+](=O)[O-])cc1. The molecule has 0 saturated heterocycles. The first-order valence-corrected chi connectivity index (χ1v) is 5.86. The van der Waals surface area contributed by atoms with Gasteiger partial charge in [-0.05, 0) is 25.0 Å². The fourth-order valence-corrected chi connectivity index (χ4v) is 1.52. The van der Waals surface area contributed by atoms with Crippen molar-refractivity contribution in [2.45, 2.75) is 18.9 Å². The Kier molecular flexibility index (Phi) is 8.49. The first kappa shape index (κ1) is 18.3. The van der Waals surface area contributed by atoms with Gasteiger partial charge in [0, 0.05) is 24.4 Å². The van der Waals surface area contributed by atoms with Crippen LogP contribution in [-0.2, 0) is 9.53 Å². The highest BCUT2D eigenvalue weighted by Gasteiger charge is 2.12. The summed E-state index contributed by atoms with van der Waals surface area (Å²) in [5, 5.41) is 13.6. The van der Waals surface area contributed by atoms with Crippen LogP contribution in [0.4, 0.5) is 11.4 Å². The predicted molar refractivity (Wildman–Crippen MR) is 81.1 cm³/mol. The smallest absolute Gasteiger partial charge is 0.322 e. The number of halogens is 1. The van der Waals surface area contributed by atoms with Gasteiger partial charge in [0.1, 0.15) is 6.04 Å². The summed E-state index contributed by atoms with van der Waals surface area (Å²) in [6.45, 7) is 0.627. The van der Waals surface area contributed by atoms with Gasteiger partial charge >= 0.3 is 5.97 Å². The van der Waals surface area contributed by atoms with Crippen LogP contribution in [0.25, 0.3) is 0 Å². The number of anilines is 1. The summed E-state index contributed by atoms with van der Waals surface area (Å²) in [5.41, 5.74) is 6.43. The molecule has 1 aromatic rings. The van der Waals surface area contributed by atoms with Crippen molar-refractivity contribution >= 4 is 34.3 Å². The molecule has 0 saturated carbocycles. The van der Waals surface area contributed by atoms with Gasteiger partial charge in [-0.3, -0.25) is 14.9 Å². The molecule has 0 bridgehead atoms. The molecule has 0 unspecified atom stereocenters. The molecule has 7 nitrogen and oxygen atoms in total. The molecule has 0 aliphatic heterocycles. The Labute approximate surface area is 127 Å². The molecular formula is C12H18BrN3O4. The molecule has 1 aromatic carbocycles. The van der Waals surface area contributed by atoms with Crippen LogP contribution in [0.2, 0.25) is 0 Å². The minimum Gasteiger partial charge on any atom is -0.468 e. The number of hydrogen-bond acceptors (Lipinski definition) is 6. The Bertz CT molecular complexity index is 439. The van der Waals surface area contributed by atoms with E-state index in [4.69, 9.17) is 5.73 Å². The third-order valence-electron chi connectivity index (χ3n) is 2.60. The Morgan fingerprint density at radius 1 is 1.45 bits per heavy atom. The lowest BCUT2D eigenvalue weighted by atomic mass is 10.1. The molecule has 0 aliphatic rings. The molecule has 0 aromatic heterocycles. The molecule has 8 heteroatoms. The van der Waals surface area contributed by atoms with E-state index < -0.39 is 16.9 Å². The molecule has 0 spiro atoms. The van der Waals surface area contributed by atoms with Crippen molar-refractivity contribution in [1.29, 1.82) is 0 Å². The van der Waals surface area contributed by atoms with Crippen LogP contribution in [0, 0.1) is 10.1 Å². The van der Waals surface area contributed by atoms with E-state index in [1.807, 2.05) is 0 Å². The number of carbonyl (C=O) groups is 1. The summed E-state index contributed by atoms with van der Waals surface area (Å²) >= 11 is 0. The number of benzene rings is 1. The van der Waals surface area contributed by atoms with Crippen LogP contribution >= 0.6 is 17.0 Å². The molecule has 20 heavy (non-hydrogen) atoms. The van der Waals surface area contributed by atoms with E-state index in [-0.39, 0.29) is 22.7 Å². The minimum atomic E-state index is -0.608. The highest BCUT2D eigenvalue weighted by molar-refractivity contribution is 8.93. The fourth-order valence-electron chi connectivity index (χ4n) is 1.52. The third-order valence-corrected chi connectivity index (χ3v) is 2.60. The second-order valence-corrected chi connectivity index (χ2v) is 4.00. The van der Waals surface area contributed by atoms with E-state index in [9.17, 15) is 14.9 Å². The topological polar surface area (TPSA) is 107 Å². The lowest BCUT2D eigenvalue weighted by Crippen LogP contribution is -2.31. The molecular weight excluding hydrogens is 330 g/mol. The van der Waals surface area contributed by atoms with Gasteiger partial charge in [-0.1, -0.05) is 0 Å². The molecule has 112 valence electrons. The van der Waals surface area contributed by atoms with Gasteiger partial charge in [-0.25, -0.2) is 0 Å². The summed E-state index contributed by atoms with van der Waals surface area (Å²) in [4.78, 5) is 21.1. The van der Waals surface area contributed by atoms with Crippen molar-refractivity contribution in [3.05, 3.63) is 34.4 Å². The minimum absolute atomic E-state index is 0. The van der Waals surface area contributed by atoms with Crippen molar-refractivity contribution < 1.29 is 14.5 Å². The number of nitro groups is 1. The normalized spacial score (nSPS) is 11.1. The van der Waals surface area contributed by atoms with E-state index in [2.05, 4.69) is 10.1 Å². The second-order valence-electron chi connectivity index (χ2n) is 4.00. The molecule has 0 amide bonds. The molecule has 0 radical (unpaired) electrons. The summed E-state index contributed by atoms with van der Waals surface area (Å²) in [7, 11) is 1.30. The van der Waals surface area contributed by atoms with Gasteiger partial charge in [-0.2, -0.15) is 0 Å². The molecule has 3 N–H and O–H groups in total. The van der Waals surface area contributed by atoms with Crippen LogP contribution in [0.1, 0.15) is 12.8 Å². The van der Waals surface area contributed by atoms with Crippen molar-refractivity contribution in [3.8, 4) is 0 Å². The van der Waals surface area contributed by atoms with E-state index in [0.29, 0.717) is 19.4 Å². The molecule has 1 atom stereocenters. The Morgan fingerprint density at radius 2 is 2.05 bits per heavy atom. The average molecular weight is 348 g/mol. The second kappa shape index (κ2) is 9.27. The number of carbonyl (C=O) groups excluding carboxylic acids is 1. The zero-order valence-corrected chi connectivity index (χ0v) is 12.8. The first-order chi connectivity index (χ1) is 9.04. The number of nitrogens with zero attached hydrogens (tertiary/aromatic N) is 1. The maximum Gasteiger partial charge on any atom is 0.322 e. The fraction of sp³-hybridized carbons (Fsp3) is 0.417. The number of ether oxygens (including phenoxy) is 1. The predicted octanol–water partition coefficient (Wildman–Crippen LogP) is 1.87. The maximum absolute atomic E-state index is 11.0. The summed E-state index contributed by atoms with van der Waals surface area (Å²) in [6, 6.07) is 5.53. The van der Waals surface area contributed by atoms with Crippen LogP contribution < -0.4 is 11.1 Å². The largest absolute Gasteiger partial charge is 0.468 e. The van der Waals surface area contributed by atoms with Gasteiger partial charge < -0.3 is 15.8 Å². The number of nitrogens with one attached hydrogen (secondary N) is 1. The zero-order chi connectivity index (χ0) is 14.3. The summed E-state index contributed by atoms with van der Waals surface area (Å²) in [6.07, 6.45) is 1.22. The number of rotatable bonds is 7. The number of non-ortho nitro benzene ring substituents is 1. The van der Waals surface area contributed by atoms with E-state index in [1.165, 1.54) is 19.2 Å². The lowest BCUT2D eigenvalue weighted by molar-refractivity contribution is -0.384. The highest BCUT2D eigenvalue weighted by atomic mass is 79.9. The first-order valence-electron chi connectivity index (χ1n) is 5.86. The van der Waals surface area contributed by atoms with E-state index in [0.717, 1.165) is 5.69 Å². The summed E-state index contributed by atoms with van der Waals surface area (Å²) in [5.74, 6) is -0.421. The Morgan fingerprint density at radius 3 is 2.55 bits per heavy atom. The van der Waals surface area contributed by atoms with Crippen molar-refractivity contribution in [2.75, 3.05) is 19.0 Å². The molecule has 0 fully saturated rings. The van der Waals surface area contributed by atoms with E-state index in [1.54, 1.807) is 12.1 Å². The van der Waals surface area contributed by atoms with Crippen LogP contribution in [0.15, 0.2) is 24.3 Å². The van der Waals surface area contributed by atoms with Gasteiger partial charge in [0.2, 0.25) is 0 Å². The quantitative estimate of drug-likeness (QED) is 0.337. The van der Waals surface area contributed by atoms with Crippen molar-refractivity contribution in [2.24, 2.45) is 5.73 Å². The Hall–Kier alpha value is -1.67. The monoisotopic (exact) mass is 347 g/mol. The molecule has 0 aliphatic carbocycles. The number of esters is 1. The standard InChI is InChI=1S/C12H17N3O4.BrH/c1-19-12(16)11(13)3-2-8-14-9-4-6-10(7-5-9)15(17)18;/h4-7,11,14H,2-3,8,13H2,1H3;1H/t11-;/m0./s1. The van der Waals surface area contributed by atoms with Gasteiger partial charge in [0.25, 0.3) is 5.69 Å². The number of nitrogens with two attached hydrogens (primary N) is 1. The van der Waals surface area contributed by atoms with Crippen LogP contribution in [0.3, 0.4) is 0 Å². The molecule has 1 rings (SSSR count). The maximum atomic E-state index is 11.0. The van der Waals surface area contributed by atoms with Gasteiger partial charge in [0.15, 0.2) is 0 Å². The van der Waals surface area contributed by atoms with Crippen molar-refractivity contribution in [3.63, 3.8) is 0 Å². The third kappa shape index (κ3) is 5.98. The van der Waals surface area contributed by atoms with E-state index >= 15 is 0 Å². The number of methoxy groups -OCH3 is 1. The highest BCUT2D eigenvalue weighted by Crippen LogP contribution is 2.15.